The molecule has 0 N–H and O–H groups in total. The summed E-state index contributed by atoms with van der Waals surface area (Å²) in [7, 11) is 0. The van der Waals surface area contributed by atoms with Gasteiger partial charge in [-0.1, -0.05) is 19.1 Å². The first-order chi connectivity index (χ1) is 12.7. The summed E-state index contributed by atoms with van der Waals surface area (Å²) >= 11 is 1.39. The van der Waals surface area contributed by atoms with Crippen LogP contribution in [0.1, 0.15) is 19.2 Å². The van der Waals surface area contributed by atoms with E-state index in [0.717, 1.165) is 17.5 Å². The van der Waals surface area contributed by atoms with E-state index in [-0.39, 0.29) is 17.9 Å². The number of aryl methyl sites for hydroxylation is 1. The smallest absolute Gasteiger partial charge is 0.263 e. The molecule has 4 rings (SSSR count). The molecule has 0 unspecified atom stereocenters. The molecule has 0 saturated heterocycles. The minimum Gasteiger partial charge on any atom is -0.291 e. The van der Waals surface area contributed by atoms with Crippen LogP contribution in [0.5, 0.6) is 0 Å². The summed E-state index contributed by atoms with van der Waals surface area (Å²) in [4.78, 5) is 18.1. The summed E-state index contributed by atoms with van der Waals surface area (Å²) in [6, 6.07) is 6.09. The highest BCUT2D eigenvalue weighted by atomic mass is 32.1. The van der Waals surface area contributed by atoms with Crippen LogP contribution in [0.25, 0.3) is 21.3 Å². The summed E-state index contributed by atoms with van der Waals surface area (Å²) in [6.45, 7) is 2.96. The fourth-order valence-corrected chi connectivity index (χ4v) is 3.70. The SMILES string of the molecule is CCCn1nnnc1Cn1cnc2scc(-c3ccc(F)cc3)c2c1=O. The molecule has 0 bridgehead atoms. The minimum atomic E-state index is -0.313. The molecular weight excluding hydrogens is 355 g/mol. The van der Waals surface area contributed by atoms with E-state index in [0.29, 0.717) is 22.6 Å². The highest BCUT2D eigenvalue weighted by Gasteiger charge is 2.15. The average molecular weight is 370 g/mol. The number of benzene rings is 1. The lowest BCUT2D eigenvalue weighted by atomic mass is 10.1. The van der Waals surface area contributed by atoms with Crippen molar-refractivity contribution in [3.8, 4) is 11.1 Å². The Hall–Kier alpha value is -2.94. The average Bonchev–Trinajstić information content (AvgIpc) is 3.26. The maximum Gasteiger partial charge on any atom is 0.263 e. The number of fused-ring (bicyclic) bond motifs is 1. The van der Waals surface area contributed by atoms with Crippen molar-refractivity contribution in [1.82, 2.24) is 29.8 Å². The van der Waals surface area contributed by atoms with Gasteiger partial charge in [0.15, 0.2) is 5.82 Å². The van der Waals surface area contributed by atoms with Crippen LogP contribution >= 0.6 is 11.3 Å². The third-order valence-corrected chi connectivity index (χ3v) is 4.96. The number of rotatable bonds is 5. The Kier molecular flexibility index (Phi) is 4.29. The van der Waals surface area contributed by atoms with E-state index in [1.807, 2.05) is 12.3 Å². The summed E-state index contributed by atoms with van der Waals surface area (Å²) in [5.41, 5.74) is 1.37. The van der Waals surface area contributed by atoms with Crippen LogP contribution < -0.4 is 5.56 Å². The van der Waals surface area contributed by atoms with Crippen LogP contribution in [0.2, 0.25) is 0 Å². The van der Waals surface area contributed by atoms with Crippen LogP contribution in [-0.4, -0.2) is 29.8 Å². The van der Waals surface area contributed by atoms with Crippen molar-refractivity contribution in [2.24, 2.45) is 0 Å². The van der Waals surface area contributed by atoms with Crippen molar-refractivity contribution >= 4 is 21.6 Å². The number of aromatic nitrogens is 6. The van der Waals surface area contributed by atoms with Gasteiger partial charge in [-0.2, -0.15) is 0 Å². The monoisotopic (exact) mass is 370 g/mol. The highest BCUT2D eigenvalue weighted by Crippen LogP contribution is 2.30. The van der Waals surface area contributed by atoms with E-state index >= 15 is 0 Å². The first-order valence-electron chi connectivity index (χ1n) is 8.15. The van der Waals surface area contributed by atoms with Gasteiger partial charge in [0.1, 0.15) is 10.6 Å². The quantitative estimate of drug-likeness (QED) is 0.540. The van der Waals surface area contributed by atoms with E-state index in [2.05, 4.69) is 20.5 Å². The molecule has 0 spiro atoms. The van der Waals surface area contributed by atoms with Gasteiger partial charge in [0.05, 0.1) is 18.3 Å². The minimum absolute atomic E-state index is 0.165. The largest absolute Gasteiger partial charge is 0.291 e. The lowest BCUT2D eigenvalue weighted by molar-refractivity contribution is 0.540. The van der Waals surface area contributed by atoms with Gasteiger partial charge >= 0.3 is 0 Å². The fourth-order valence-electron chi connectivity index (χ4n) is 2.80. The Morgan fingerprint density at radius 1 is 1.23 bits per heavy atom. The van der Waals surface area contributed by atoms with E-state index < -0.39 is 0 Å². The molecule has 0 radical (unpaired) electrons. The van der Waals surface area contributed by atoms with Crippen molar-refractivity contribution in [2.75, 3.05) is 0 Å². The van der Waals surface area contributed by atoms with Crippen molar-refractivity contribution in [2.45, 2.75) is 26.4 Å². The van der Waals surface area contributed by atoms with Crippen LogP contribution in [0.4, 0.5) is 4.39 Å². The molecule has 0 saturated carbocycles. The van der Waals surface area contributed by atoms with Crippen LogP contribution in [0, 0.1) is 5.82 Å². The van der Waals surface area contributed by atoms with Crippen molar-refractivity contribution in [1.29, 1.82) is 0 Å². The normalized spacial score (nSPS) is 11.3. The molecule has 0 aliphatic carbocycles. The molecular formula is C17H15FN6OS. The van der Waals surface area contributed by atoms with Gasteiger partial charge in [0, 0.05) is 17.5 Å². The van der Waals surface area contributed by atoms with E-state index in [4.69, 9.17) is 0 Å². The zero-order valence-corrected chi connectivity index (χ0v) is 14.8. The molecule has 0 amide bonds. The predicted molar refractivity (Wildman–Crippen MR) is 96.5 cm³/mol. The van der Waals surface area contributed by atoms with E-state index in [9.17, 15) is 9.18 Å². The molecule has 3 heterocycles. The fraction of sp³-hybridized carbons (Fsp3) is 0.235. The molecule has 26 heavy (non-hydrogen) atoms. The topological polar surface area (TPSA) is 78.5 Å². The number of hydrogen-bond donors (Lipinski definition) is 0. The zero-order valence-electron chi connectivity index (χ0n) is 14.0. The third kappa shape index (κ3) is 2.90. The van der Waals surface area contributed by atoms with Crippen molar-refractivity contribution in [3.63, 3.8) is 0 Å². The van der Waals surface area contributed by atoms with Gasteiger partial charge in [0.2, 0.25) is 0 Å². The van der Waals surface area contributed by atoms with Gasteiger partial charge in [-0.25, -0.2) is 14.1 Å². The summed E-state index contributed by atoms with van der Waals surface area (Å²) in [5.74, 6) is 0.292. The second kappa shape index (κ2) is 6.75. The number of tetrazole rings is 1. The Balaban J connectivity index is 1.79. The van der Waals surface area contributed by atoms with Gasteiger partial charge < -0.3 is 0 Å². The maximum atomic E-state index is 13.2. The Morgan fingerprint density at radius 2 is 2.04 bits per heavy atom. The summed E-state index contributed by atoms with van der Waals surface area (Å²) in [6.07, 6.45) is 2.41. The molecule has 132 valence electrons. The van der Waals surface area contributed by atoms with Gasteiger partial charge in [0.25, 0.3) is 5.56 Å². The summed E-state index contributed by atoms with van der Waals surface area (Å²) in [5, 5.41) is 14.0. The molecule has 9 heteroatoms. The van der Waals surface area contributed by atoms with Gasteiger partial charge in [-0.3, -0.25) is 9.36 Å². The summed E-state index contributed by atoms with van der Waals surface area (Å²) < 4.78 is 16.4. The molecule has 0 fully saturated rings. The lowest BCUT2D eigenvalue weighted by Crippen LogP contribution is -2.23. The van der Waals surface area contributed by atoms with Crippen LogP contribution in [-0.2, 0) is 13.1 Å². The van der Waals surface area contributed by atoms with Crippen LogP contribution in [0.3, 0.4) is 0 Å². The van der Waals surface area contributed by atoms with E-state index in [1.165, 1.54) is 34.4 Å². The Bertz CT molecular complexity index is 1110. The number of halogens is 1. The van der Waals surface area contributed by atoms with Gasteiger partial charge in [-0.05, 0) is 34.5 Å². The standard InChI is InChI=1S/C17H15FN6OS/c1-2-7-24-14(20-21-22-24)8-23-10-19-16-15(17(23)25)13(9-26-16)11-3-5-12(18)6-4-11/h3-6,9-10H,2,7-8H2,1H3. The number of thiophene rings is 1. The number of hydrogen-bond acceptors (Lipinski definition) is 6. The predicted octanol–water partition coefficient (Wildman–Crippen LogP) is 2.71. The third-order valence-electron chi connectivity index (χ3n) is 4.07. The molecule has 3 aromatic heterocycles. The maximum absolute atomic E-state index is 13.2. The Morgan fingerprint density at radius 3 is 2.81 bits per heavy atom. The first-order valence-corrected chi connectivity index (χ1v) is 9.03. The zero-order chi connectivity index (χ0) is 18.1. The molecule has 7 nitrogen and oxygen atoms in total. The molecule has 0 atom stereocenters. The highest BCUT2D eigenvalue weighted by molar-refractivity contribution is 7.17. The van der Waals surface area contributed by atoms with Crippen LogP contribution in [0.15, 0.2) is 40.8 Å². The van der Waals surface area contributed by atoms with Crippen molar-refractivity contribution < 1.29 is 4.39 Å². The molecule has 4 aromatic rings. The first kappa shape index (κ1) is 16.5. The van der Waals surface area contributed by atoms with E-state index in [1.54, 1.807) is 16.8 Å². The van der Waals surface area contributed by atoms with Crippen molar-refractivity contribution in [3.05, 3.63) is 58.0 Å². The molecule has 0 aliphatic rings. The second-order valence-electron chi connectivity index (χ2n) is 5.83. The Labute approximate surface area is 151 Å². The lowest BCUT2D eigenvalue weighted by Gasteiger charge is -2.06. The molecule has 0 aliphatic heterocycles. The second-order valence-corrected chi connectivity index (χ2v) is 6.69. The molecule has 1 aromatic carbocycles. The number of nitrogens with zero attached hydrogens (tertiary/aromatic N) is 6. The van der Waals surface area contributed by atoms with Gasteiger partial charge in [-0.15, -0.1) is 16.4 Å².